The molecule has 24 heavy (non-hydrogen) atoms. The monoisotopic (exact) mass is 329 g/mol. The zero-order valence-electron chi connectivity index (χ0n) is 13.9. The zero-order valence-corrected chi connectivity index (χ0v) is 13.9. The molecule has 1 aromatic rings. The van der Waals surface area contributed by atoms with Crippen molar-refractivity contribution in [1.82, 2.24) is 10.2 Å². The van der Waals surface area contributed by atoms with Crippen LogP contribution in [0.3, 0.4) is 0 Å². The molecule has 1 heterocycles. The van der Waals surface area contributed by atoms with Gasteiger partial charge in [-0.3, -0.25) is 9.69 Å². The van der Waals surface area contributed by atoms with Crippen molar-refractivity contribution >= 4 is 5.91 Å². The SMILES string of the molecule is N#CC1(NC(=O)CN2CCCC2c2ccc(F)cc2)CCCCC1. The van der Waals surface area contributed by atoms with Crippen LogP contribution in [0.1, 0.15) is 56.6 Å². The van der Waals surface area contributed by atoms with Gasteiger partial charge in [-0.05, 0) is 49.9 Å². The van der Waals surface area contributed by atoms with E-state index in [-0.39, 0.29) is 17.8 Å². The number of likely N-dealkylation sites (tertiary alicyclic amines) is 1. The minimum atomic E-state index is -0.680. The summed E-state index contributed by atoms with van der Waals surface area (Å²) in [7, 11) is 0. The van der Waals surface area contributed by atoms with E-state index in [2.05, 4.69) is 16.3 Å². The summed E-state index contributed by atoms with van der Waals surface area (Å²) >= 11 is 0. The summed E-state index contributed by atoms with van der Waals surface area (Å²) in [6.07, 6.45) is 6.62. The van der Waals surface area contributed by atoms with Crippen molar-refractivity contribution in [2.45, 2.75) is 56.5 Å². The van der Waals surface area contributed by atoms with Gasteiger partial charge in [0.2, 0.25) is 5.91 Å². The summed E-state index contributed by atoms with van der Waals surface area (Å²) in [5.74, 6) is -0.318. The minimum absolute atomic E-state index is 0.0764. The number of carbonyl (C=O) groups is 1. The summed E-state index contributed by atoms with van der Waals surface area (Å²) in [6.45, 7) is 1.15. The standard InChI is InChI=1S/C19H24FN3O/c20-16-8-6-15(7-9-16)17-5-4-12-23(17)13-18(24)22-19(14-21)10-2-1-3-11-19/h6-9,17H,1-5,10-13H2,(H,22,24). The maximum atomic E-state index is 13.1. The van der Waals surface area contributed by atoms with Gasteiger partial charge in [-0.2, -0.15) is 5.26 Å². The maximum Gasteiger partial charge on any atom is 0.235 e. The van der Waals surface area contributed by atoms with E-state index in [0.717, 1.165) is 57.1 Å². The van der Waals surface area contributed by atoms with Gasteiger partial charge in [-0.25, -0.2) is 4.39 Å². The molecule has 1 saturated heterocycles. The Balaban J connectivity index is 1.63. The first kappa shape index (κ1) is 16.9. The highest BCUT2D eigenvalue weighted by molar-refractivity contribution is 5.79. The molecule has 1 amide bonds. The molecule has 5 heteroatoms. The van der Waals surface area contributed by atoms with Gasteiger partial charge >= 0.3 is 0 Å². The molecular weight excluding hydrogens is 305 g/mol. The van der Waals surface area contributed by atoms with E-state index in [9.17, 15) is 14.4 Å². The van der Waals surface area contributed by atoms with Crippen LogP contribution >= 0.6 is 0 Å². The number of rotatable bonds is 4. The zero-order chi connectivity index (χ0) is 17.0. The first-order chi connectivity index (χ1) is 11.6. The number of benzene rings is 1. The van der Waals surface area contributed by atoms with Crippen molar-refractivity contribution in [3.8, 4) is 6.07 Å². The van der Waals surface area contributed by atoms with E-state index in [1.54, 1.807) is 12.1 Å². The van der Waals surface area contributed by atoms with Crippen LogP contribution in [0.5, 0.6) is 0 Å². The van der Waals surface area contributed by atoms with E-state index >= 15 is 0 Å². The van der Waals surface area contributed by atoms with Gasteiger partial charge in [0, 0.05) is 6.04 Å². The van der Waals surface area contributed by atoms with E-state index in [1.165, 1.54) is 12.1 Å². The first-order valence-electron chi connectivity index (χ1n) is 8.84. The Hall–Kier alpha value is -1.93. The molecule has 1 aliphatic heterocycles. The van der Waals surface area contributed by atoms with E-state index in [4.69, 9.17) is 0 Å². The van der Waals surface area contributed by atoms with E-state index in [1.807, 2.05) is 0 Å². The molecule has 128 valence electrons. The quantitative estimate of drug-likeness (QED) is 0.922. The smallest absolute Gasteiger partial charge is 0.235 e. The maximum absolute atomic E-state index is 13.1. The lowest BCUT2D eigenvalue weighted by Crippen LogP contribution is -2.51. The average Bonchev–Trinajstić information content (AvgIpc) is 3.04. The third kappa shape index (κ3) is 3.76. The molecule has 0 spiro atoms. The van der Waals surface area contributed by atoms with Crippen molar-refractivity contribution in [2.75, 3.05) is 13.1 Å². The Morgan fingerprint density at radius 1 is 1.25 bits per heavy atom. The van der Waals surface area contributed by atoms with Crippen molar-refractivity contribution < 1.29 is 9.18 Å². The highest BCUT2D eigenvalue weighted by Gasteiger charge is 2.35. The second kappa shape index (κ2) is 7.31. The third-order valence-electron chi connectivity index (χ3n) is 5.26. The number of hydrogen-bond acceptors (Lipinski definition) is 3. The van der Waals surface area contributed by atoms with Crippen LogP contribution in [0.2, 0.25) is 0 Å². The first-order valence-corrected chi connectivity index (χ1v) is 8.84. The summed E-state index contributed by atoms with van der Waals surface area (Å²) < 4.78 is 13.1. The molecule has 2 aliphatic rings. The fourth-order valence-electron chi connectivity index (χ4n) is 3.99. The lowest BCUT2D eigenvalue weighted by Gasteiger charge is -2.33. The van der Waals surface area contributed by atoms with Crippen LogP contribution < -0.4 is 5.32 Å². The molecule has 3 rings (SSSR count). The fourth-order valence-corrected chi connectivity index (χ4v) is 3.99. The van der Waals surface area contributed by atoms with Gasteiger partial charge in [-0.15, -0.1) is 0 Å². The lowest BCUT2D eigenvalue weighted by molar-refractivity contribution is -0.124. The molecule has 0 bridgehead atoms. The van der Waals surface area contributed by atoms with Crippen LogP contribution in [0.25, 0.3) is 0 Å². The number of nitriles is 1. The van der Waals surface area contributed by atoms with Crippen LogP contribution in [0.4, 0.5) is 4.39 Å². The van der Waals surface area contributed by atoms with Crippen molar-refractivity contribution in [1.29, 1.82) is 5.26 Å². The summed E-state index contributed by atoms with van der Waals surface area (Å²) in [5.41, 5.74) is 0.370. The van der Waals surface area contributed by atoms with Crippen molar-refractivity contribution in [3.05, 3.63) is 35.6 Å². The third-order valence-corrected chi connectivity index (χ3v) is 5.26. The number of amides is 1. The molecule has 2 fully saturated rings. The highest BCUT2D eigenvalue weighted by atomic mass is 19.1. The summed E-state index contributed by atoms with van der Waals surface area (Å²) in [5, 5.41) is 12.5. The predicted molar refractivity (Wildman–Crippen MR) is 89.5 cm³/mol. The Bertz CT molecular complexity index is 616. The van der Waals surface area contributed by atoms with Crippen LogP contribution in [-0.2, 0) is 4.79 Å². The number of halogens is 1. The van der Waals surface area contributed by atoms with Crippen LogP contribution in [0.15, 0.2) is 24.3 Å². The molecule has 1 aliphatic carbocycles. The second-order valence-electron chi connectivity index (χ2n) is 6.98. The van der Waals surface area contributed by atoms with Gasteiger partial charge in [-0.1, -0.05) is 31.4 Å². The molecule has 1 unspecified atom stereocenters. The topological polar surface area (TPSA) is 56.1 Å². The van der Waals surface area contributed by atoms with E-state index in [0.29, 0.717) is 6.54 Å². The number of carbonyl (C=O) groups excluding carboxylic acids is 1. The Morgan fingerprint density at radius 2 is 1.96 bits per heavy atom. The largest absolute Gasteiger partial charge is 0.337 e. The molecular formula is C19H24FN3O. The Morgan fingerprint density at radius 3 is 2.62 bits per heavy atom. The molecule has 0 radical (unpaired) electrons. The summed E-state index contributed by atoms with van der Waals surface area (Å²) in [4.78, 5) is 14.6. The highest BCUT2D eigenvalue weighted by Crippen LogP contribution is 2.32. The lowest BCUT2D eigenvalue weighted by atomic mass is 9.83. The second-order valence-corrected chi connectivity index (χ2v) is 6.98. The molecule has 1 N–H and O–H groups in total. The number of hydrogen-bond donors (Lipinski definition) is 1. The number of nitrogens with one attached hydrogen (secondary N) is 1. The molecule has 1 saturated carbocycles. The van der Waals surface area contributed by atoms with Crippen LogP contribution in [-0.4, -0.2) is 29.4 Å². The van der Waals surface area contributed by atoms with Gasteiger partial charge in [0.1, 0.15) is 11.4 Å². The van der Waals surface area contributed by atoms with Gasteiger partial charge in [0.05, 0.1) is 12.6 Å². The van der Waals surface area contributed by atoms with Crippen LogP contribution in [0, 0.1) is 17.1 Å². The average molecular weight is 329 g/mol. The molecule has 0 aromatic heterocycles. The van der Waals surface area contributed by atoms with Crippen molar-refractivity contribution in [2.24, 2.45) is 0 Å². The normalized spacial score (nSPS) is 23.6. The summed E-state index contributed by atoms with van der Waals surface area (Å²) in [6, 6.07) is 9.02. The fraction of sp³-hybridized carbons (Fsp3) is 0.579. The van der Waals surface area contributed by atoms with E-state index < -0.39 is 5.54 Å². The minimum Gasteiger partial charge on any atom is -0.337 e. The van der Waals surface area contributed by atoms with Gasteiger partial charge in [0.15, 0.2) is 0 Å². The molecule has 4 nitrogen and oxygen atoms in total. The number of nitrogens with zero attached hydrogens (tertiary/aromatic N) is 2. The molecule has 1 atom stereocenters. The predicted octanol–water partition coefficient (Wildman–Crippen LogP) is 3.31. The van der Waals surface area contributed by atoms with Gasteiger partial charge < -0.3 is 5.32 Å². The Labute approximate surface area is 142 Å². The molecule has 1 aromatic carbocycles. The Kier molecular flexibility index (Phi) is 5.15. The van der Waals surface area contributed by atoms with Gasteiger partial charge in [0.25, 0.3) is 0 Å². The van der Waals surface area contributed by atoms with Crippen molar-refractivity contribution in [3.63, 3.8) is 0 Å².